The van der Waals surface area contributed by atoms with Gasteiger partial charge in [-0.3, -0.25) is 0 Å². The molecule has 4 N–H and O–H groups in total. The average Bonchev–Trinajstić information content (AvgIpc) is 1.72. The molecule has 0 amide bonds. The largest absolute Gasteiger partial charge is 2.00 e. The molecule has 3 nitrogen and oxygen atoms in total. The normalized spacial score (nSPS) is 9.67. The first-order valence-electron chi connectivity index (χ1n) is 4.82. The van der Waals surface area contributed by atoms with Gasteiger partial charge in [0.15, 0.2) is 0 Å². The zero-order chi connectivity index (χ0) is 13.6. The van der Waals surface area contributed by atoms with Crippen molar-refractivity contribution in [2.75, 3.05) is 0 Å². The van der Waals surface area contributed by atoms with Crippen molar-refractivity contribution in [2.45, 2.75) is 52.6 Å². The summed E-state index contributed by atoms with van der Waals surface area (Å²) in [5.41, 5.74) is 0.0532. The molecule has 0 unspecified atom stereocenters. The Hall–Kier alpha value is 0.674. The molecule has 0 saturated carbocycles. The van der Waals surface area contributed by atoms with Crippen LogP contribution in [0.5, 0.6) is 0 Å². The Labute approximate surface area is 143 Å². The quantitative estimate of drug-likeness (QED) is 0.382. The summed E-state index contributed by atoms with van der Waals surface area (Å²) in [4.78, 5) is 0. The van der Waals surface area contributed by atoms with E-state index < -0.39 is 0 Å². The molecule has 0 aromatic carbocycles. The van der Waals surface area contributed by atoms with E-state index in [9.17, 15) is 0 Å². The molecule has 112 valence electrons. The van der Waals surface area contributed by atoms with Crippen molar-refractivity contribution in [1.29, 1.82) is 0 Å². The molecule has 0 aliphatic heterocycles. The second kappa shape index (κ2) is 11.5. The van der Waals surface area contributed by atoms with Gasteiger partial charge in [-0.05, 0) is 41.5 Å². The van der Waals surface area contributed by atoms with Crippen molar-refractivity contribution in [3.05, 3.63) is 0 Å². The van der Waals surface area contributed by atoms with Crippen LogP contribution >= 0.6 is 24.4 Å². The molecule has 0 aromatic rings. The van der Waals surface area contributed by atoms with Crippen LogP contribution in [0, 0.1) is 0 Å². The summed E-state index contributed by atoms with van der Waals surface area (Å²) >= 11 is 18.6. The zero-order valence-corrected chi connectivity index (χ0v) is 15.7. The molecule has 0 aliphatic carbocycles. The molecule has 0 rings (SSSR count). The smallest absolute Gasteiger partial charge is 0.412 e. The fourth-order valence-corrected chi connectivity index (χ4v) is 1.84. The van der Waals surface area contributed by atoms with Crippen LogP contribution in [-0.4, -0.2) is 25.2 Å². The second-order valence-electron chi connectivity index (χ2n) is 5.32. The third-order valence-electron chi connectivity index (χ3n) is 0.954. The van der Waals surface area contributed by atoms with Crippen LogP contribution < -0.4 is 10.6 Å². The molecular weight excluding hydrogens is 351 g/mol. The average molecular weight is 373 g/mol. The Bertz CT molecular complexity index is 223. The first-order chi connectivity index (χ1) is 6.83. The summed E-state index contributed by atoms with van der Waals surface area (Å²) in [5.74, 6) is 0. The van der Waals surface area contributed by atoms with E-state index in [0.717, 1.165) is 0 Å². The molecule has 0 aliphatic rings. The van der Waals surface area contributed by atoms with Gasteiger partial charge < -0.3 is 65.8 Å². The first-order valence-corrected chi connectivity index (χ1v) is 6.45. The number of hydrogen-bond donors (Lipinski definition) is 2. The van der Waals surface area contributed by atoms with Crippen LogP contribution in [-0.2, 0) is 41.7 Å². The molecule has 0 fully saturated rings. The van der Waals surface area contributed by atoms with Gasteiger partial charge >= 0.3 is 16.5 Å². The zero-order valence-electron chi connectivity index (χ0n) is 11.4. The monoisotopic (exact) mass is 372 g/mol. The Morgan fingerprint density at radius 1 is 0.778 bits per heavy atom. The molecule has 0 saturated heterocycles. The summed E-state index contributed by atoms with van der Waals surface area (Å²) in [6.07, 6.45) is 0. The van der Waals surface area contributed by atoms with Gasteiger partial charge in [0.25, 0.3) is 0 Å². The Morgan fingerprint density at radius 3 is 0.944 bits per heavy atom. The van der Waals surface area contributed by atoms with E-state index in [4.69, 9.17) is 0 Å². The Balaban J connectivity index is -0.0000000980. The minimum atomic E-state index is 0. The van der Waals surface area contributed by atoms with Crippen LogP contribution in [0.15, 0.2) is 0 Å². The topological polar surface area (TPSA) is 55.6 Å². The maximum absolute atomic E-state index is 4.65. The molecule has 8 heteroatoms. The van der Waals surface area contributed by atoms with Gasteiger partial charge in [-0.1, -0.05) is 8.64 Å². The van der Waals surface area contributed by atoms with Gasteiger partial charge in [-0.15, -0.1) is 0 Å². The Morgan fingerprint density at radius 2 is 0.944 bits per heavy atom. The Kier molecular flexibility index (Phi) is 17.3. The molecule has 0 heterocycles. The van der Waals surface area contributed by atoms with Crippen LogP contribution in [0.4, 0.5) is 0 Å². The van der Waals surface area contributed by atoms with Crippen LogP contribution in [0.3, 0.4) is 0 Å². The van der Waals surface area contributed by atoms with E-state index in [2.05, 4.69) is 60.3 Å². The van der Waals surface area contributed by atoms with Crippen LogP contribution in [0.25, 0.3) is 0 Å². The van der Waals surface area contributed by atoms with Crippen molar-refractivity contribution in [2.24, 2.45) is 0 Å². The molecule has 0 radical (unpaired) electrons. The molecule has 18 heavy (non-hydrogen) atoms. The van der Waals surface area contributed by atoms with Crippen molar-refractivity contribution >= 4 is 58.3 Å². The van der Waals surface area contributed by atoms with E-state index in [0.29, 0.717) is 8.64 Å². The SMILES string of the molecule is CC(C)(C)NC(=S)[S-].CC(C)(C)NC(=S)[S-].O.[Ni+2]. The summed E-state index contributed by atoms with van der Waals surface area (Å²) in [5, 5.41) is 5.86. The van der Waals surface area contributed by atoms with Crippen molar-refractivity contribution in [3.8, 4) is 0 Å². The number of rotatable bonds is 0. The van der Waals surface area contributed by atoms with Gasteiger partial charge in [0.05, 0.1) is 0 Å². The summed E-state index contributed by atoms with van der Waals surface area (Å²) < 4.78 is 0.884. The number of thiocarbonyl (C=S) groups is 2. The fourth-order valence-electron chi connectivity index (χ4n) is 0.612. The van der Waals surface area contributed by atoms with E-state index >= 15 is 0 Å². The van der Waals surface area contributed by atoms with Crippen molar-refractivity contribution in [1.82, 2.24) is 10.6 Å². The van der Waals surface area contributed by atoms with E-state index in [1.807, 2.05) is 41.5 Å². The minimum Gasteiger partial charge on any atom is -0.412 e. The van der Waals surface area contributed by atoms with Crippen molar-refractivity contribution in [3.63, 3.8) is 0 Å². The standard InChI is InChI=1S/2C5H11NS2.Ni.H2O/c2*1-5(2,3)6-4(7)8;;/h2*1-3H3,(H2,6,7,8);;1H2/q;;+2;/p-2. The predicted octanol–water partition coefficient (Wildman–Crippen LogP) is 1.59. The first kappa shape index (κ1) is 27.1. The van der Waals surface area contributed by atoms with Crippen molar-refractivity contribution < 1.29 is 22.0 Å². The predicted molar refractivity (Wildman–Crippen MR) is 89.3 cm³/mol. The van der Waals surface area contributed by atoms with Gasteiger partial charge in [0, 0.05) is 11.1 Å². The molecule has 0 bridgehead atoms. The summed E-state index contributed by atoms with van der Waals surface area (Å²) in [6.45, 7) is 12.1. The second-order valence-corrected chi connectivity index (χ2v) is 7.47. The van der Waals surface area contributed by atoms with Gasteiger partial charge in [0.2, 0.25) is 0 Å². The molecule has 0 spiro atoms. The molecule has 0 aromatic heterocycles. The summed E-state index contributed by atoms with van der Waals surface area (Å²) in [6, 6.07) is 0. The molecular formula is C10H22N2NiOS4. The maximum Gasteiger partial charge on any atom is 2.00 e. The van der Waals surface area contributed by atoms with Gasteiger partial charge in [-0.2, -0.15) is 0 Å². The number of hydrogen-bond acceptors (Lipinski definition) is 4. The molecule has 0 atom stereocenters. The maximum atomic E-state index is 4.65. The van der Waals surface area contributed by atoms with E-state index in [1.165, 1.54) is 0 Å². The van der Waals surface area contributed by atoms with E-state index in [-0.39, 0.29) is 33.0 Å². The fraction of sp³-hybridized carbons (Fsp3) is 0.800. The summed E-state index contributed by atoms with van der Waals surface area (Å²) in [7, 11) is 0. The number of nitrogens with one attached hydrogen (secondary N) is 2. The van der Waals surface area contributed by atoms with Gasteiger partial charge in [0.1, 0.15) is 0 Å². The minimum absolute atomic E-state index is 0. The van der Waals surface area contributed by atoms with Gasteiger partial charge in [-0.25, -0.2) is 0 Å². The van der Waals surface area contributed by atoms with Crippen LogP contribution in [0.2, 0.25) is 0 Å². The third-order valence-corrected chi connectivity index (χ3v) is 1.36. The third kappa shape index (κ3) is 36.0. The van der Waals surface area contributed by atoms with Crippen LogP contribution in [0.1, 0.15) is 41.5 Å². The van der Waals surface area contributed by atoms with E-state index in [1.54, 1.807) is 0 Å².